The zero-order chi connectivity index (χ0) is 14.7. The monoisotopic (exact) mass is 290 g/mol. The van der Waals surface area contributed by atoms with E-state index >= 15 is 0 Å². The van der Waals surface area contributed by atoms with Gasteiger partial charge < -0.3 is 10.4 Å². The van der Waals surface area contributed by atoms with Crippen LogP contribution in [0.15, 0.2) is 36.7 Å². The summed E-state index contributed by atoms with van der Waals surface area (Å²) in [4.78, 5) is 26.8. The maximum atomic E-state index is 12.1. The second-order valence-corrected chi connectivity index (χ2v) is 4.55. The molecule has 20 heavy (non-hydrogen) atoms. The summed E-state index contributed by atoms with van der Waals surface area (Å²) in [5.74, 6) is -1.47. The number of nitrogens with zero attached hydrogens (tertiary/aromatic N) is 1. The van der Waals surface area contributed by atoms with E-state index < -0.39 is 11.9 Å². The third kappa shape index (κ3) is 2.95. The molecular formula is C14H11ClN2O3. The lowest BCUT2D eigenvalue weighted by Crippen LogP contribution is -2.14. The topological polar surface area (TPSA) is 79.3 Å². The average molecular weight is 291 g/mol. The largest absolute Gasteiger partial charge is 0.478 e. The molecule has 0 radical (unpaired) electrons. The highest BCUT2D eigenvalue weighted by Crippen LogP contribution is 2.20. The SMILES string of the molecule is Cc1ccc(C(=O)O)cc1NC(=O)c1ccncc1Cl. The first-order valence-corrected chi connectivity index (χ1v) is 6.11. The summed E-state index contributed by atoms with van der Waals surface area (Å²) in [5, 5.41) is 11.8. The number of hydrogen-bond donors (Lipinski definition) is 2. The Morgan fingerprint density at radius 3 is 2.70 bits per heavy atom. The number of carbonyl (C=O) groups excluding carboxylic acids is 1. The Bertz CT molecular complexity index is 686. The first-order chi connectivity index (χ1) is 9.49. The lowest BCUT2D eigenvalue weighted by atomic mass is 10.1. The normalized spacial score (nSPS) is 10.1. The molecule has 0 atom stereocenters. The zero-order valence-corrected chi connectivity index (χ0v) is 11.3. The molecule has 0 bridgehead atoms. The number of rotatable bonds is 3. The number of hydrogen-bond acceptors (Lipinski definition) is 3. The summed E-state index contributed by atoms with van der Waals surface area (Å²) in [6.45, 7) is 1.77. The number of aromatic nitrogens is 1. The van der Waals surface area contributed by atoms with Crippen LogP contribution in [0.2, 0.25) is 5.02 Å². The highest BCUT2D eigenvalue weighted by molar-refractivity contribution is 6.34. The van der Waals surface area contributed by atoms with Crippen molar-refractivity contribution in [2.45, 2.75) is 6.92 Å². The van der Waals surface area contributed by atoms with Crippen molar-refractivity contribution < 1.29 is 14.7 Å². The summed E-state index contributed by atoms with van der Waals surface area (Å²) in [6.07, 6.45) is 2.83. The zero-order valence-electron chi connectivity index (χ0n) is 10.6. The van der Waals surface area contributed by atoms with Crippen molar-refractivity contribution in [1.82, 2.24) is 4.98 Å². The number of carboxylic acids is 1. The minimum absolute atomic E-state index is 0.103. The average Bonchev–Trinajstić information content (AvgIpc) is 2.41. The second-order valence-electron chi connectivity index (χ2n) is 4.14. The summed E-state index contributed by atoms with van der Waals surface area (Å²) < 4.78 is 0. The predicted molar refractivity (Wildman–Crippen MR) is 75.3 cm³/mol. The van der Waals surface area contributed by atoms with Crippen molar-refractivity contribution in [2.75, 3.05) is 5.32 Å². The van der Waals surface area contributed by atoms with E-state index in [4.69, 9.17) is 16.7 Å². The Balaban J connectivity index is 2.30. The molecule has 0 unspecified atom stereocenters. The van der Waals surface area contributed by atoms with Crippen LogP contribution in [-0.2, 0) is 0 Å². The fourth-order valence-electron chi connectivity index (χ4n) is 1.64. The number of benzene rings is 1. The molecule has 0 saturated carbocycles. The molecule has 1 aromatic heterocycles. The summed E-state index contributed by atoms with van der Waals surface area (Å²) >= 11 is 5.89. The molecule has 0 spiro atoms. The smallest absolute Gasteiger partial charge is 0.335 e. The van der Waals surface area contributed by atoms with Crippen molar-refractivity contribution >= 4 is 29.2 Å². The van der Waals surface area contributed by atoms with E-state index in [0.717, 1.165) is 5.56 Å². The third-order valence-electron chi connectivity index (χ3n) is 2.75. The molecule has 0 aliphatic carbocycles. The first kappa shape index (κ1) is 14.0. The van der Waals surface area contributed by atoms with Gasteiger partial charge in [-0.2, -0.15) is 0 Å². The van der Waals surface area contributed by atoms with Crippen molar-refractivity contribution in [3.05, 3.63) is 58.4 Å². The van der Waals surface area contributed by atoms with Crippen molar-refractivity contribution in [1.29, 1.82) is 0 Å². The minimum atomic E-state index is -1.05. The molecule has 0 aliphatic rings. The molecule has 1 aromatic carbocycles. The minimum Gasteiger partial charge on any atom is -0.478 e. The highest BCUT2D eigenvalue weighted by Gasteiger charge is 2.13. The molecule has 102 valence electrons. The number of amides is 1. The number of carbonyl (C=O) groups is 2. The second kappa shape index (κ2) is 5.71. The molecule has 0 aliphatic heterocycles. The lowest BCUT2D eigenvalue weighted by Gasteiger charge is -2.10. The van der Waals surface area contributed by atoms with Gasteiger partial charge in [-0.15, -0.1) is 0 Å². The van der Waals surface area contributed by atoms with Gasteiger partial charge in [-0.05, 0) is 30.7 Å². The fraction of sp³-hybridized carbons (Fsp3) is 0.0714. The van der Waals surface area contributed by atoms with Crippen LogP contribution in [-0.4, -0.2) is 22.0 Å². The lowest BCUT2D eigenvalue weighted by molar-refractivity contribution is 0.0696. The molecule has 0 saturated heterocycles. The van der Waals surface area contributed by atoms with Crippen molar-refractivity contribution in [3.63, 3.8) is 0 Å². The Hall–Kier alpha value is -2.40. The molecule has 2 N–H and O–H groups in total. The molecule has 1 heterocycles. The van der Waals surface area contributed by atoms with Crippen LogP contribution in [0.3, 0.4) is 0 Å². The fourth-order valence-corrected chi connectivity index (χ4v) is 1.84. The van der Waals surface area contributed by atoms with Gasteiger partial charge in [-0.25, -0.2) is 4.79 Å². The Morgan fingerprint density at radius 1 is 1.30 bits per heavy atom. The summed E-state index contributed by atoms with van der Waals surface area (Å²) in [5.41, 5.74) is 1.57. The number of aryl methyl sites for hydroxylation is 1. The van der Waals surface area contributed by atoms with Crippen molar-refractivity contribution in [3.8, 4) is 0 Å². The summed E-state index contributed by atoms with van der Waals surface area (Å²) in [6, 6.07) is 6.01. The van der Waals surface area contributed by atoms with Gasteiger partial charge in [-0.1, -0.05) is 17.7 Å². The molecule has 5 nitrogen and oxygen atoms in total. The number of halogens is 1. The maximum Gasteiger partial charge on any atom is 0.335 e. The molecule has 0 fully saturated rings. The number of anilines is 1. The standard InChI is InChI=1S/C14H11ClN2O3/c1-8-2-3-9(14(19)20)6-12(8)17-13(18)10-4-5-16-7-11(10)15/h2-7H,1H3,(H,17,18)(H,19,20). The predicted octanol–water partition coefficient (Wildman–Crippen LogP) is 2.99. The van der Waals surface area contributed by atoms with Gasteiger partial charge in [0.2, 0.25) is 0 Å². The van der Waals surface area contributed by atoms with Crippen LogP contribution in [0, 0.1) is 6.92 Å². The number of nitrogens with one attached hydrogen (secondary N) is 1. The number of aromatic carboxylic acids is 1. The maximum absolute atomic E-state index is 12.1. The van der Waals surface area contributed by atoms with Gasteiger partial charge in [0.25, 0.3) is 5.91 Å². The van der Waals surface area contributed by atoms with Crippen LogP contribution in [0.5, 0.6) is 0 Å². The Kier molecular flexibility index (Phi) is 4.00. The van der Waals surface area contributed by atoms with Gasteiger partial charge in [0.15, 0.2) is 0 Å². The van der Waals surface area contributed by atoms with E-state index in [1.54, 1.807) is 13.0 Å². The Labute approximate surface area is 120 Å². The summed E-state index contributed by atoms with van der Waals surface area (Å²) in [7, 11) is 0. The van der Waals surface area contributed by atoms with Gasteiger partial charge in [0.1, 0.15) is 0 Å². The van der Waals surface area contributed by atoms with E-state index in [0.29, 0.717) is 5.69 Å². The molecular weight excluding hydrogens is 280 g/mol. The molecule has 6 heteroatoms. The van der Waals surface area contributed by atoms with E-state index in [-0.39, 0.29) is 16.1 Å². The van der Waals surface area contributed by atoms with E-state index in [1.165, 1.54) is 30.6 Å². The molecule has 2 rings (SSSR count). The van der Waals surface area contributed by atoms with E-state index in [1.807, 2.05) is 0 Å². The third-order valence-corrected chi connectivity index (χ3v) is 3.05. The molecule has 2 aromatic rings. The van der Waals surface area contributed by atoms with E-state index in [2.05, 4.69) is 10.3 Å². The van der Waals surface area contributed by atoms with Crippen molar-refractivity contribution in [2.24, 2.45) is 0 Å². The number of carboxylic acid groups (broad SMARTS) is 1. The van der Waals surface area contributed by atoms with Gasteiger partial charge in [0.05, 0.1) is 16.1 Å². The van der Waals surface area contributed by atoms with Crippen LogP contribution < -0.4 is 5.32 Å². The number of pyridine rings is 1. The first-order valence-electron chi connectivity index (χ1n) is 5.74. The Morgan fingerprint density at radius 2 is 2.05 bits per heavy atom. The quantitative estimate of drug-likeness (QED) is 0.911. The van der Waals surface area contributed by atoms with Crippen LogP contribution >= 0.6 is 11.6 Å². The van der Waals surface area contributed by atoms with Gasteiger partial charge in [-0.3, -0.25) is 9.78 Å². The van der Waals surface area contributed by atoms with E-state index in [9.17, 15) is 9.59 Å². The van der Waals surface area contributed by atoms with Gasteiger partial charge >= 0.3 is 5.97 Å². The van der Waals surface area contributed by atoms with Crippen LogP contribution in [0.25, 0.3) is 0 Å². The highest BCUT2D eigenvalue weighted by atomic mass is 35.5. The van der Waals surface area contributed by atoms with Crippen LogP contribution in [0.1, 0.15) is 26.3 Å². The van der Waals surface area contributed by atoms with Gasteiger partial charge in [0, 0.05) is 18.1 Å². The molecule has 1 amide bonds. The van der Waals surface area contributed by atoms with Crippen LogP contribution in [0.4, 0.5) is 5.69 Å².